The van der Waals surface area contributed by atoms with Crippen molar-refractivity contribution in [3.8, 4) is 5.75 Å². The Morgan fingerprint density at radius 2 is 2.08 bits per heavy atom. The van der Waals surface area contributed by atoms with Crippen LogP contribution in [-0.4, -0.2) is 53.7 Å². The average Bonchev–Trinajstić information content (AvgIpc) is 3.26. The number of carbonyl (C=O) groups is 2. The summed E-state index contributed by atoms with van der Waals surface area (Å²) in [4.78, 5) is 32.1. The molecule has 2 aromatic carbocycles. The lowest BCUT2D eigenvalue weighted by molar-refractivity contribution is -0.138. The quantitative estimate of drug-likeness (QED) is 0.276. The van der Waals surface area contributed by atoms with Crippen LogP contribution in [0.2, 0.25) is 0 Å². The number of nitrogens with one attached hydrogen (secondary N) is 3. The summed E-state index contributed by atoms with van der Waals surface area (Å²) in [6.45, 7) is 1.87. The van der Waals surface area contributed by atoms with Crippen LogP contribution in [0, 0.1) is 5.82 Å². The highest BCUT2D eigenvalue weighted by molar-refractivity contribution is 9.10. The minimum atomic E-state index is -1.10. The summed E-state index contributed by atoms with van der Waals surface area (Å²) in [5.74, 6) is -0.695. The number of amides is 1. The number of guanidine groups is 1. The van der Waals surface area contributed by atoms with Gasteiger partial charge in [0, 0.05) is 30.4 Å². The standard InChI is InChI=1S/C24H25BrFN5O5/c25-15-12-17(26)21-18(13-15)29-24(36-21)30-19(22(33)34)11-14-4-6-16(7-5-14)35-10-1-3-20(32)31-23-27-8-2-9-28-23/h4-7,12-13,19H,1-3,8-11H2,(H,29,30)(H,33,34)(H2,27,28,31,32)/t19-/m0/s1. The number of aliphatic carboxylic acids is 1. The molecule has 4 rings (SSSR count). The minimum absolute atomic E-state index is 0.0526. The second-order valence-corrected chi connectivity index (χ2v) is 9.06. The van der Waals surface area contributed by atoms with Gasteiger partial charge in [-0.15, -0.1) is 0 Å². The van der Waals surface area contributed by atoms with Gasteiger partial charge >= 0.3 is 5.97 Å². The van der Waals surface area contributed by atoms with Crippen molar-refractivity contribution in [2.45, 2.75) is 31.7 Å². The summed E-state index contributed by atoms with van der Waals surface area (Å²) in [6, 6.07) is 8.70. The van der Waals surface area contributed by atoms with Gasteiger partial charge < -0.3 is 24.9 Å². The molecule has 1 aliphatic heterocycles. The van der Waals surface area contributed by atoms with Crippen LogP contribution in [0.15, 0.2) is 50.3 Å². The molecular formula is C24H25BrFN5O5. The van der Waals surface area contributed by atoms with E-state index in [1.54, 1.807) is 30.3 Å². The van der Waals surface area contributed by atoms with Crippen LogP contribution in [0.4, 0.5) is 10.4 Å². The number of benzene rings is 2. The Bertz CT molecular complexity index is 1260. The van der Waals surface area contributed by atoms with Gasteiger partial charge in [-0.2, -0.15) is 4.98 Å². The predicted octanol–water partition coefficient (Wildman–Crippen LogP) is 3.46. The maximum Gasteiger partial charge on any atom is 0.326 e. The summed E-state index contributed by atoms with van der Waals surface area (Å²) < 4.78 is 25.6. The minimum Gasteiger partial charge on any atom is -0.494 e. The molecule has 3 aromatic rings. The van der Waals surface area contributed by atoms with Crippen LogP contribution in [0.25, 0.3) is 11.1 Å². The summed E-state index contributed by atoms with van der Waals surface area (Å²) in [5.41, 5.74) is 0.961. The SMILES string of the molecule is O=C(CCCOc1ccc(C[C@H](Nc2nc3cc(Br)cc(F)c3o2)C(=O)O)cc1)NC1=NCCCN1. The lowest BCUT2D eigenvalue weighted by atomic mass is 10.1. The van der Waals surface area contributed by atoms with Gasteiger partial charge in [0.2, 0.25) is 5.91 Å². The Balaban J connectivity index is 1.26. The van der Waals surface area contributed by atoms with E-state index in [2.05, 4.69) is 41.9 Å². The molecule has 2 heterocycles. The number of oxazole rings is 1. The number of anilines is 1. The van der Waals surface area contributed by atoms with Crippen LogP contribution < -0.4 is 20.7 Å². The number of nitrogens with zero attached hydrogens (tertiary/aromatic N) is 2. The van der Waals surface area contributed by atoms with Crippen LogP contribution in [0.1, 0.15) is 24.8 Å². The molecule has 10 nitrogen and oxygen atoms in total. The lowest BCUT2D eigenvalue weighted by Crippen LogP contribution is -2.43. The third-order valence-corrected chi connectivity index (χ3v) is 5.80. The van der Waals surface area contributed by atoms with E-state index in [9.17, 15) is 19.1 Å². The molecule has 190 valence electrons. The highest BCUT2D eigenvalue weighted by Gasteiger charge is 2.21. The van der Waals surface area contributed by atoms with Crippen molar-refractivity contribution in [1.82, 2.24) is 15.6 Å². The monoisotopic (exact) mass is 561 g/mol. The van der Waals surface area contributed by atoms with Crippen molar-refractivity contribution in [2.24, 2.45) is 4.99 Å². The summed E-state index contributed by atoms with van der Waals surface area (Å²) in [7, 11) is 0. The molecule has 4 N–H and O–H groups in total. The first-order valence-corrected chi connectivity index (χ1v) is 12.2. The van der Waals surface area contributed by atoms with E-state index in [0.717, 1.165) is 18.5 Å². The second-order valence-electron chi connectivity index (χ2n) is 8.15. The molecule has 0 saturated heterocycles. The third-order valence-electron chi connectivity index (χ3n) is 5.34. The molecule has 0 bridgehead atoms. The fourth-order valence-corrected chi connectivity index (χ4v) is 3.98. The first-order chi connectivity index (χ1) is 17.4. The molecule has 0 spiro atoms. The molecular weight excluding hydrogens is 537 g/mol. The first-order valence-electron chi connectivity index (χ1n) is 11.4. The largest absolute Gasteiger partial charge is 0.494 e. The number of fused-ring (bicyclic) bond motifs is 1. The van der Waals surface area contributed by atoms with E-state index in [1.807, 2.05) is 0 Å². The van der Waals surface area contributed by atoms with E-state index >= 15 is 0 Å². The number of carbonyl (C=O) groups excluding carboxylic acids is 1. The summed E-state index contributed by atoms with van der Waals surface area (Å²) in [6.07, 6.45) is 1.94. The Labute approximate surface area is 214 Å². The average molecular weight is 562 g/mol. The van der Waals surface area contributed by atoms with E-state index in [1.165, 1.54) is 6.07 Å². The van der Waals surface area contributed by atoms with Crippen molar-refractivity contribution < 1.29 is 28.2 Å². The molecule has 12 heteroatoms. The van der Waals surface area contributed by atoms with E-state index in [4.69, 9.17) is 9.15 Å². The van der Waals surface area contributed by atoms with E-state index in [0.29, 0.717) is 42.2 Å². The van der Waals surface area contributed by atoms with E-state index < -0.39 is 17.8 Å². The molecule has 36 heavy (non-hydrogen) atoms. The third kappa shape index (κ3) is 6.94. The zero-order valence-electron chi connectivity index (χ0n) is 19.2. The Morgan fingerprint density at radius 1 is 1.28 bits per heavy atom. The molecule has 1 atom stereocenters. The van der Waals surface area contributed by atoms with Crippen LogP contribution in [0.5, 0.6) is 5.75 Å². The van der Waals surface area contributed by atoms with Gasteiger partial charge in [0.15, 0.2) is 17.4 Å². The van der Waals surface area contributed by atoms with Gasteiger partial charge in [-0.25, -0.2) is 9.18 Å². The second kappa shape index (κ2) is 11.8. The lowest BCUT2D eigenvalue weighted by Gasteiger charge is -2.15. The number of hydrogen-bond donors (Lipinski definition) is 4. The van der Waals surface area contributed by atoms with Crippen LogP contribution in [0.3, 0.4) is 0 Å². The van der Waals surface area contributed by atoms with Gasteiger partial charge in [-0.05, 0) is 42.7 Å². The number of aliphatic imine (C=N–C) groups is 1. The topological polar surface area (TPSA) is 138 Å². The number of rotatable bonds is 10. The Morgan fingerprint density at radius 3 is 2.81 bits per heavy atom. The number of hydrogen-bond acceptors (Lipinski definition) is 8. The molecule has 0 saturated carbocycles. The maximum atomic E-state index is 14.0. The summed E-state index contributed by atoms with van der Waals surface area (Å²) in [5, 5.41) is 18.1. The number of aromatic nitrogens is 1. The van der Waals surface area contributed by atoms with Crippen LogP contribution in [-0.2, 0) is 16.0 Å². The van der Waals surface area contributed by atoms with Gasteiger partial charge in [0.05, 0.1) is 6.61 Å². The molecule has 1 aliphatic rings. The van der Waals surface area contributed by atoms with Crippen molar-refractivity contribution in [3.05, 3.63) is 52.3 Å². The highest BCUT2D eigenvalue weighted by atomic mass is 79.9. The predicted molar refractivity (Wildman–Crippen MR) is 135 cm³/mol. The van der Waals surface area contributed by atoms with Gasteiger partial charge in [-0.1, -0.05) is 28.1 Å². The number of carboxylic acids is 1. The molecule has 0 fully saturated rings. The Hall–Kier alpha value is -3.67. The normalized spacial score (nSPS) is 14.0. The van der Waals surface area contributed by atoms with Gasteiger partial charge in [0.1, 0.15) is 17.3 Å². The summed E-state index contributed by atoms with van der Waals surface area (Å²) >= 11 is 3.19. The highest BCUT2D eigenvalue weighted by Crippen LogP contribution is 2.26. The zero-order chi connectivity index (χ0) is 25.5. The fourth-order valence-electron chi connectivity index (χ4n) is 3.56. The van der Waals surface area contributed by atoms with Crippen molar-refractivity contribution in [1.29, 1.82) is 0 Å². The van der Waals surface area contributed by atoms with Crippen molar-refractivity contribution in [2.75, 3.05) is 25.0 Å². The molecule has 0 aliphatic carbocycles. The zero-order valence-corrected chi connectivity index (χ0v) is 20.8. The molecule has 0 unspecified atom stereocenters. The first kappa shape index (κ1) is 25.4. The maximum absolute atomic E-state index is 14.0. The Kier molecular flexibility index (Phi) is 8.36. The van der Waals surface area contributed by atoms with Crippen LogP contribution >= 0.6 is 15.9 Å². The smallest absolute Gasteiger partial charge is 0.326 e. The van der Waals surface area contributed by atoms with Gasteiger partial charge in [-0.3, -0.25) is 15.1 Å². The molecule has 1 amide bonds. The van der Waals surface area contributed by atoms with Crippen molar-refractivity contribution >= 4 is 50.9 Å². The number of ether oxygens (including phenoxy) is 1. The van der Waals surface area contributed by atoms with E-state index in [-0.39, 0.29) is 29.4 Å². The molecule has 1 aromatic heterocycles. The van der Waals surface area contributed by atoms with Crippen molar-refractivity contribution in [3.63, 3.8) is 0 Å². The number of carboxylic acid groups (broad SMARTS) is 1. The number of halogens is 2. The fraction of sp³-hybridized carbons (Fsp3) is 0.333. The van der Waals surface area contributed by atoms with Gasteiger partial charge in [0.25, 0.3) is 6.01 Å². The molecule has 0 radical (unpaired) electrons.